The van der Waals surface area contributed by atoms with Crippen molar-refractivity contribution in [2.45, 2.75) is 29.5 Å². The van der Waals surface area contributed by atoms with E-state index >= 15 is 0 Å². The fourth-order valence-corrected chi connectivity index (χ4v) is 4.35. The highest BCUT2D eigenvalue weighted by Gasteiger charge is 2.45. The van der Waals surface area contributed by atoms with Crippen LogP contribution < -0.4 is 4.48 Å². The molecule has 2 heterocycles. The van der Waals surface area contributed by atoms with Crippen LogP contribution in [0.5, 0.6) is 0 Å². The minimum Gasteiger partial charge on any atom is -0.281 e. The fourth-order valence-electron chi connectivity index (χ4n) is 2.76. The van der Waals surface area contributed by atoms with Gasteiger partial charge in [0, 0.05) is 12.5 Å². The number of hydrogen-bond donors (Lipinski definition) is 0. The van der Waals surface area contributed by atoms with Gasteiger partial charge in [-0.1, -0.05) is 23.9 Å². The van der Waals surface area contributed by atoms with E-state index in [1.54, 1.807) is 5.69 Å². The van der Waals surface area contributed by atoms with E-state index in [4.69, 9.17) is 0 Å². The van der Waals surface area contributed by atoms with Crippen LogP contribution in [0.15, 0.2) is 29.2 Å². The summed E-state index contributed by atoms with van der Waals surface area (Å²) in [7, 11) is 2.41. The van der Waals surface area contributed by atoms with E-state index in [1.807, 2.05) is 0 Å². The first-order valence-corrected chi connectivity index (χ1v) is 6.30. The molecule has 0 aliphatic carbocycles. The number of thioether (sulfide) groups is 1. The van der Waals surface area contributed by atoms with Crippen molar-refractivity contribution >= 4 is 17.4 Å². The molecule has 3 rings (SSSR count). The molecule has 1 aromatic carbocycles. The van der Waals surface area contributed by atoms with Crippen molar-refractivity contribution < 1.29 is 0 Å². The molecule has 2 aliphatic heterocycles. The summed E-state index contributed by atoms with van der Waals surface area (Å²) in [6, 6.07) is 8.94. The maximum atomic E-state index is 2.41. The predicted octanol–water partition coefficient (Wildman–Crippen LogP) is 3.24. The number of hydrogen-bond acceptors (Lipinski definition) is 1. The Morgan fingerprint density at radius 3 is 3.07 bits per heavy atom. The highest BCUT2D eigenvalue weighted by atomic mass is 32.2. The van der Waals surface area contributed by atoms with Crippen molar-refractivity contribution in [1.29, 1.82) is 0 Å². The quantitative estimate of drug-likeness (QED) is 0.587. The molecule has 1 nitrogen and oxygen atoms in total. The van der Waals surface area contributed by atoms with Crippen LogP contribution in [0.3, 0.4) is 0 Å². The molecule has 2 heteroatoms. The van der Waals surface area contributed by atoms with Gasteiger partial charge in [0.1, 0.15) is 11.1 Å². The highest BCUT2D eigenvalue weighted by molar-refractivity contribution is 8.00. The van der Waals surface area contributed by atoms with Crippen LogP contribution in [0.1, 0.15) is 19.3 Å². The van der Waals surface area contributed by atoms with E-state index in [9.17, 15) is 0 Å². The van der Waals surface area contributed by atoms with Crippen molar-refractivity contribution in [3.05, 3.63) is 24.3 Å². The van der Waals surface area contributed by atoms with E-state index in [1.165, 1.54) is 35.2 Å². The minimum atomic E-state index is 0.793. The number of rotatable bonds is 0. The third-order valence-electron chi connectivity index (χ3n) is 3.64. The summed E-state index contributed by atoms with van der Waals surface area (Å²) < 4.78 is 1.18. The molecule has 1 saturated heterocycles. The van der Waals surface area contributed by atoms with Crippen LogP contribution in [-0.4, -0.2) is 19.0 Å². The Balaban J connectivity index is 2.10. The largest absolute Gasteiger partial charge is 0.281 e. The van der Waals surface area contributed by atoms with Crippen molar-refractivity contribution in [1.82, 2.24) is 4.48 Å². The number of benzene rings is 1. The molecule has 1 fully saturated rings. The first-order valence-electron chi connectivity index (χ1n) is 5.42. The highest BCUT2D eigenvalue weighted by Crippen LogP contribution is 2.50. The van der Waals surface area contributed by atoms with Gasteiger partial charge >= 0.3 is 0 Å². The lowest BCUT2D eigenvalue weighted by molar-refractivity contribution is 0.255. The Hall–Kier alpha value is -0.470. The monoisotopic (exact) mass is 206 g/mol. The van der Waals surface area contributed by atoms with E-state index in [0.29, 0.717) is 0 Å². The average Bonchev–Trinajstić information content (AvgIpc) is 2.51. The van der Waals surface area contributed by atoms with Crippen LogP contribution in [-0.2, 0) is 0 Å². The van der Waals surface area contributed by atoms with Gasteiger partial charge in [-0.05, 0) is 18.9 Å². The molecule has 2 unspecified atom stereocenters. The summed E-state index contributed by atoms with van der Waals surface area (Å²) in [5.41, 5.74) is 1.56. The summed E-state index contributed by atoms with van der Waals surface area (Å²) >= 11 is 2.09. The molecular formula is C12H16NS+. The van der Waals surface area contributed by atoms with E-state index in [-0.39, 0.29) is 0 Å². The second-order valence-corrected chi connectivity index (χ2v) is 5.75. The van der Waals surface area contributed by atoms with Gasteiger partial charge in [-0.3, -0.25) is 4.48 Å². The molecule has 0 amide bonds. The van der Waals surface area contributed by atoms with Crippen molar-refractivity contribution in [2.24, 2.45) is 0 Å². The van der Waals surface area contributed by atoms with Gasteiger partial charge in [0.05, 0.1) is 18.5 Å². The van der Waals surface area contributed by atoms with E-state index in [2.05, 4.69) is 43.1 Å². The van der Waals surface area contributed by atoms with E-state index < -0.39 is 0 Å². The third-order valence-corrected chi connectivity index (χ3v) is 5.21. The number of piperidine rings is 1. The normalized spacial score (nSPS) is 35.1. The SMILES string of the molecule is C[N+]12CCCCC1Sc1ccccc12. The van der Waals surface area contributed by atoms with Crippen LogP contribution in [0.2, 0.25) is 0 Å². The lowest BCUT2D eigenvalue weighted by Crippen LogP contribution is -2.52. The zero-order valence-corrected chi connectivity index (χ0v) is 9.39. The first kappa shape index (κ1) is 8.81. The average molecular weight is 206 g/mol. The first-order chi connectivity index (χ1) is 6.81. The van der Waals surface area contributed by atoms with Gasteiger partial charge in [-0.25, -0.2) is 0 Å². The second kappa shape index (κ2) is 3.01. The van der Waals surface area contributed by atoms with E-state index in [0.717, 1.165) is 5.37 Å². The number of para-hydroxylation sites is 1. The Morgan fingerprint density at radius 1 is 1.29 bits per heavy atom. The summed E-state index contributed by atoms with van der Waals surface area (Å²) in [5.74, 6) is 0. The molecule has 0 spiro atoms. The van der Waals surface area contributed by atoms with Gasteiger partial charge in [0.15, 0.2) is 0 Å². The molecule has 14 heavy (non-hydrogen) atoms. The Bertz CT molecular complexity index is 363. The molecule has 1 aromatic rings. The van der Waals surface area contributed by atoms with Crippen LogP contribution in [0.4, 0.5) is 5.69 Å². The van der Waals surface area contributed by atoms with Crippen LogP contribution >= 0.6 is 11.8 Å². The molecule has 2 aliphatic rings. The standard InChI is InChI=1S/C12H16NS/c1-13-9-5-4-8-12(13)14-11-7-3-2-6-10(11)13/h2-3,6-7,12H,4-5,8-9H2,1H3/q+1. The zero-order valence-electron chi connectivity index (χ0n) is 8.57. The number of nitrogens with zero attached hydrogens (tertiary/aromatic N) is 1. The number of fused-ring (bicyclic) bond motifs is 3. The minimum absolute atomic E-state index is 0.793. The molecule has 0 radical (unpaired) electrons. The Morgan fingerprint density at radius 2 is 2.14 bits per heavy atom. The van der Waals surface area contributed by atoms with Gasteiger partial charge < -0.3 is 0 Å². The topological polar surface area (TPSA) is 0 Å². The van der Waals surface area contributed by atoms with Crippen molar-refractivity contribution in [3.8, 4) is 0 Å². The maximum absolute atomic E-state index is 2.41. The summed E-state index contributed by atoms with van der Waals surface area (Å²) in [6.07, 6.45) is 4.19. The van der Waals surface area contributed by atoms with Gasteiger partial charge in [-0.15, -0.1) is 0 Å². The fraction of sp³-hybridized carbons (Fsp3) is 0.500. The maximum Gasteiger partial charge on any atom is 0.147 e. The number of quaternary nitrogens is 1. The Labute approximate surface area is 89.7 Å². The molecule has 0 saturated carbocycles. The van der Waals surface area contributed by atoms with Crippen molar-refractivity contribution in [2.75, 3.05) is 13.6 Å². The van der Waals surface area contributed by atoms with Crippen LogP contribution in [0, 0.1) is 0 Å². The summed E-state index contributed by atoms with van der Waals surface area (Å²) in [5, 5.41) is 0.793. The zero-order chi connectivity index (χ0) is 9.60. The van der Waals surface area contributed by atoms with Gasteiger partial charge in [0.25, 0.3) is 0 Å². The molecule has 0 bridgehead atoms. The molecule has 2 atom stereocenters. The summed E-state index contributed by atoms with van der Waals surface area (Å²) in [6.45, 7) is 1.33. The molecule has 0 N–H and O–H groups in total. The lowest BCUT2D eigenvalue weighted by Gasteiger charge is -2.38. The van der Waals surface area contributed by atoms with Crippen LogP contribution in [0.25, 0.3) is 0 Å². The van der Waals surface area contributed by atoms with Crippen molar-refractivity contribution in [3.63, 3.8) is 0 Å². The Kier molecular flexibility index (Phi) is 1.89. The third kappa shape index (κ3) is 1.07. The molecule has 0 aromatic heterocycles. The molecular weight excluding hydrogens is 190 g/mol. The van der Waals surface area contributed by atoms with Gasteiger partial charge in [-0.2, -0.15) is 0 Å². The summed E-state index contributed by atoms with van der Waals surface area (Å²) in [4.78, 5) is 1.52. The van der Waals surface area contributed by atoms with Gasteiger partial charge in [0.2, 0.25) is 0 Å². The predicted molar refractivity (Wildman–Crippen MR) is 62.5 cm³/mol. The second-order valence-electron chi connectivity index (χ2n) is 4.53. The lowest BCUT2D eigenvalue weighted by atomic mass is 10.1. The molecule has 74 valence electrons. The smallest absolute Gasteiger partial charge is 0.147 e.